The minimum Gasteiger partial charge on any atom is -0.372 e. The zero-order valence-corrected chi connectivity index (χ0v) is 9.53. The lowest BCUT2D eigenvalue weighted by molar-refractivity contribution is -0.131. The Morgan fingerprint density at radius 1 is 1.56 bits per heavy atom. The number of rotatable bonds is 7. The Balaban J connectivity index is 4.29. The van der Waals surface area contributed by atoms with Gasteiger partial charge in [-0.15, -0.1) is 0 Å². The summed E-state index contributed by atoms with van der Waals surface area (Å²) < 4.78 is 4.89. The highest BCUT2D eigenvalue weighted by molar-refractivity contribution is 5.87. The molecule has 0 aliphatic carbocycles. The summed E-state index contributed by atoms with van der Waals surface area (Å²) in [6, 6.07) is 1.10. The van der Waals surface area contributed by atoms with Crippen LogP contribution in [0.2, 0.25) is 0 Å². The van der Waals surface area contributed by atoms with Gasteiger partial charge in [-0.05, 0) is 12.8 Å². The molecule has 90 valence electrons. The average Bonchev–Trinajstić information content (AvgIpc) is 2.22. The maximum absolute atomic E-state index is 11.3. The van der Waals surface area contributed by atoms with Gasteiger partial charge in [0.15, 0.2) is 0 Å². The Kier molecular flexibility index (Phi) is 6.88. The molecular formula is C10H17N3O3. The Bertz CT molecular complexity index is 286. The summed E-state index contributed by atoms with van der Waals surface area (Å²) >= 11 is 0. The third-order valence-electron chi connectivity index (χ3n) is 2.04. The fraction of sp³-hybridized carbons (Fsp3) is 0.700. The molecular weight excluding hydrogens is 210 g/mol. The number of hydrogen-bond acceptors (Lipinski definition) is 4. The van der Waals surface area contributed by atoms with Crippen molar-refractivity contribution in [1.29, 1.82) is 5.26 Å². The minimum absolute atomic E-state index is 0.112. The molecule has 0 saturated carbocycles. The van der Waals surface area contributed by atoms with E-state index in [1.807, 2.05) is 6.07 Å². The van der Waals surface area contributed by atoms with E-state index in [4.69, 9.17) is 15.7 Å². The molecule has 0 heterocycles. The van der Waals surface area contributed by atoms with Crippen LogP contribution in [0.5, 0.6) is 0 Å². The molecule has 0 aliphatic heterocycles. The molecule has 6 nitrogen and oxygen atoms in total. The molecule has 0 aromatic carbocycles. The van der Waals surface area contributed by atoms with E-state index in [9.17, 15) is 9.59 Å². The van der Waals surface area contributed by atoms with E-state index >= 15 is 0 Å². The number of nitrogens with two attached hydrogens (primary N) is 1. The molecule has 3 N–H and O–H groups in total. The van der Waals surface area contributed by atoms with Crippen molar-refractivity contribution >= 4 is 11.8 Å². The fourth-order valence-corrected chi connectivity index (χ4v) is 1.17. The van der Waals surface area contributed by atoms with Crippen LogP contribution >= 0.6 is 0 Å². The van der Waals surface area contributed by atoms with E-state index < -0.39 is 17.9 Å². The van der Waals surface area contributed by atoms with Crippen molar-refractivity contribution in [2.75, 3.05) is 13.2 Å². The summed E-state index contributed by atoms with van der Waals surface area (Å²) in [6.45, 7) is 3.75. The monoisotopic (exact) mass is 227 g/mol. The molecule has 0 bridgehead atoms. The minimum atomic E-state index is -0.826. The second kappa shape index (κ2) is 7.65. The highest BCUT2D eigenvalue weighted by Crippen LogP contribution is 2.06. The van der Waals surface area contributed by atoms with E-state index in [1.165, 1.54) is 0 Å². The standard InChI is InChI=1S/C10H17N3O3/c1-3-16-6-8(14)13-9(10(12)15)7(2)4-5-11/h7,9H,3-4,6H2,1-2H3,(H2,12,15)(H,13,14)/t7-,9-/m1/s1. The highest BCUT2D eigenvalue weighted by Gasteiger charge is 2.24. The molecule has 2 amide bonds. The maximum atomic E-state index is 11.3. The Morgan fingerprint density at radius 2 is 2.19 bits per heavy atom. The van der Waals surface area contributed by atoms with Crippen molar-refractivity contribution in [1.82, 2.24) is 5.32 Å². The lowest BCUT2D eigenvalue weighted by atomic mass is 9.98. The van der Waals surface area contributed by atoms with Crippen LogP contribution in [0, 0.1) is 17.2 Å². The molecule has 0 radical (unpaired) electrons. The van der Waals surface area contributed by atoms with Crippen molar-refractivity contribution in [2.45, 2.75) is 26.3 Å². The lowest BCUT2D eigenvalue weighted by Gasteiger charge is -2.20. The van der Waals surface area contributed by atoms with E-state index in [2.05, 4.69) is 5.32 Å². The number of primary amides is 1. The molecule has 0 aromatic rings. The van der Waals surface area contributed by atoms with Crippen LogP contribution in [0.3, 0.4) is 0 Å². The van der Waals surface area contributed by atoms with Gasteiger partial charge in [-0.25, -0.2) is 0 Å². The van der Waals surface area contributed by atoms with E-state index in [1.54, 1.807) is 13.8 Å². The van der Waals surface area contributed by atoms with Crippen LogP contribution in [0.15, 0.2) is 0 Å². The third kappa shape index (κ3) is 5.32. The number of hydrogen-bond donors (Lipinski definition) is 2. The third-order valence-corrected chi connectivity index (χ3v) is 2.04. The first-order chi connectivity index (χ1) is 7.52. The fourth-order valence-electron chi connectivity index (χ4n) is 1.17. The number of carbonyl (C=O) groups excluding carboxylic acids is 2. The number of nitrogens with zero attached hydrogens (tertiary/aromatic N) is 1. The summed E-state index contributed by atoms with van der Waals surface area (Å²) in [4.78, 5) is 22.4. The van der Waals surface area contributed by atoms with Gasteiger partial charge in [-0.3, -0.25) is 9.59 Å². The summed E-state index contributed by atoms with van der Waals surface area (Å²) in [7, 11) is 0. The Labute approximate surface area is 94.7 Å². The number of ether oxygens (including phenoxy) is 1. The second-order valence-corrected chi connectivity index (χ2v) is 3.42. The quantitative estimate of drug-likeness (QED) is 0.614. The molecule has 0 fully saturated rings. The molecule has 0 rings (SSSR count). The molecule has 0 aliphatic rings. The van der Waals surface area contributed by atoms with Gasteiger partial charge in [-0.2, -0.15) is 5.26 Å². The predicted octanol–water partition coefficient (Wildman–Crippen LogP) is -0.457. The Morgan fingerprint density at radius 3 is 2.62 bits per heavy atom. The van der Waals surface area contributed by atoms with Gasteiger partial charge >= 0.3 is 0 Å². The first-order valence-electron chi connectivity index (χ1n) is 5.06. The topological polar surface area (TPSA) is 105 Å². The van der Waals surface area contributed by atoms with Gasteiger partial charge in [-0.1, -0.05) is 6.92 Å². The Hall–Kier alpha value is -1.61. The normalized spacial score (nSPS) is 13.6. The highest BCUT2D eigenvalue weighted by atomic mass is 16.5. The van der Waals surface area contributed by atoms with Crippen molar-refractivity contribution in [3.63, 3.8) is 0 Å². The van der Waals surface area contributed by atoms with Crippen LogP contribution in [-0.4, -0.2) is 31.1 Å². The summed E-state index contributed by atoms with van der Waals surface area (Å²) in [6.07, 6.45) is 0.155. The van der Waals surface area contributed by atoms with Crippen molar-refractivity contribution in [3.8, 4) is 6.07 Å². The number of nitriles is 1. The lowest BCUT2D eigenvalue weighted by Crippen LogP contribution is -2.49. The van der Waals surface area contributed by atoms with E-state index in [0.717, 1.165) is 0 Å². The second-order valence-electron chi connectivity index (χ2n) is 3.42. The van der Waals surface area contributed by atoms with Gasteiger partial charge in [0.05, 0.1) is 6.07 Å². The van der Waals surface area contributed by atoms with Crippen LogP contribution in [0.1, 0.15) is 20.3 Å². The smallest absolute Gasteiger partial charge is 0.246 e. The van der Waals surface area contributed by atoms with E-state index in [-0.39, 0.29) is 18.9 Å². The predicted molar refractivity (Wildman–Crippen MR) is 57.0 cm³/mol. The van der Waals surface area contributed by atoms with Gasteiger partial charge in [0.2, 0.25) is 11.8 Å². The SMILES string of the molecule is CCOCC(=O)N[C@@H](C(N)=O)[C@H](C)CC#N. The van der Waals surface area contributed by atoms with E-state index in [0.29, 0.717) is 6.61 Å². The first-order valence-corrected chi connectivity index (χ1v) is 5.06. The van der Waals surface area contributed by atoms with Gasteiger partial charge in [0.1, 0.15) is 12.6 Å². The largest absolute Gasteiger partial charge is 0.372 e. The van der Waals surface area contributed by atoms with Crippen LogP contribution in [-0.2, 0) is 14.3 Å². The molecule has 16 heavy (non-hydrogen) atoms. The zero-order valence-electron chi connectivity index (χ0n) is 9.53. The van der Waals surface area contributed by atoms with Crippen LogP contribution in [0.4, 0.5) is 0 Å². The van der Waals surface area contributed by atoms with Gasteiger partial charge in [0.25, 0.3) is 0 Å². The maximum Gasteiger partial charge on any atom is 0.246 e. The molecule has 6 heteroatoms. The first kappa shape index (κ1) is 14.4. The van der Waals surface area contributed by atoms with Crippen molar-refractivity contribution in [2.24, 2.45) is 11.7 Å². The van der Waals surface area contributed by atoms with Crippen molar-refractivity contribution in [3.05, 3.63) is 0 Å². The zero-order chi connectivity index (χ0) is 12.6. The summed E-state index contributed by atoms with van der Waals surface area (Å²) in [5.41, 5.74) is 5.14. The molecule has 0 saturated heterocycles. The van der Waals surface area contributed by atoms with Crippen LogP contribution < -0.4 is 11.1 Å². The molecule has 0 spiro atoms. The van der Waals surface area contributed by atoms with Crippen molar-refractivity contribution < 1.29 is 14.3 Å². The molecule has 0 aromatic heterocycles. The average molecular weight is 227 g/mol. The summed E-state index contributed by atoms with van der Waals surface area (Å²) in [5.74, 6) is -1.36. The number of nitrogens with one attached hydrogen (secondary N) is 1. The van der Waals surface area contributed by atoms with Gasteiger partial charge < -0.3 is 15.8 Å². The van der Waals surface area contributed by atoms with Crippen LogP contribution in [0.25, 0.3) is 0 Å². The summed E-state index contributed by atoms with van der Waals surface area (Å²) in [5, 5.41) is 10.9. The number of amides is 2. The number of carbonyl (C=O) groups is 2. The van der Waals surface area contributed by atoms with Gasteiger partial charge in [0, 0.05) is 13.0 Å². The molecule has 2 atom stereocenters. The molecule has 0 unspecified atom stereocenters.